The molecule has 0 aromatic heterocycles. The van der Waals surface area contributed by atoms with Gasteiger partial charge in [-0.2, -0.15) is 5.10 Å². The summed E-state index contributed by atoms with van der Waals surface area (Å²) in [6.07, 6.45) is 1.75. The van der Waals surface area contributed by atoms with Gasteiger partial charge in [0.05, 0.1) is 30.8 Å². The summed E-state index contributed by atoms with van der Waals surface area (Å²) in [5, 5.41) is 4.01. The minimum Gasteiger partial charge on any atom is -0.493 e. The molecule has 1 N–H and O–H groups in total. The summed E-state index contributed by atoms with van der Waals surface area (Å²) < 4.78 is 16.3. The number of amides is 1. The summed E-state index contributed by atoms with van der Waals surface area (Å²) in [4.78, 5) is 23.7. The lowest BCUT2D eigenvalue weighted by Crippen LogP contribution is -2.20. The Morgan fingerprint density at radius 3 is 2.63 bits per heavy atom. The van der Waals surface area contributed by atoms with Crippen molar-refractivity contribution in [3.63, 3.8) is 0 Å². The van der Waals surface area contributed by atoms with Crippen LogP contribution >= 0.6 is 15.9 Å². The Labute approximate surface area is 184 Å². The Hall–Kier alpha value is -2.87. The first-order valence-electron chi connectivity index (χ1n) is 9.38. The Balaban J connectivity index is 2.01. The minimum atomic E-state index is -0.469. The second-order valence-electron chi connectivity index (χ2n) is 6.53. The van der Waals surface area contributed by atoms with E-state index in [4.69, 9.17) is 14.2 Å². The van der Waals surface area contributed by atoms with Crippen molar-refractivity contribution in [2.24, 2.45) is 5.10 Å². The normalized spacial score (nSPS) is 10.7. The first-order valence-corrected chi connectivity index (χ1v) is 10.2. The molecule has 2 rings (SSSR count). The van der Waals surface area contributed by atoms with Gasteiger partial charge in [-0.25, -0.2) is 10.2 Å². The summed E-state index contributed by atoms with van der Waals surface area (Å²) in [6.45, 7) is 5.77. The first-order chi connectivity index (χ1) is 14.3. The fraction of sp³-hybridized carbons (Fsp3) is 0.318. The number of hydrazone groups is 1. The highest BCUT2D eigenvalue weighted by molar-refractivity contribution is 9.10. The van der Waals surface area contributed by atoms with Crippen LogP contribution in [0.4, 0.5) is 0 Å². The second-order valence-corrected chi connectivity index (χ2v) is 7.38. The van der Waals surface area contributed by atoms with E-state index < -0.39 is 5.97 Å². The number of carbonyl (C=O) groups excluding carboxylic acids is 2. The molecule has 0 saturated carbocycles. The largest absolute Gasteiger partial charge is 0.493 e. The van der Waals surface area contributed by atoms with Crippen LogP contribution in [0, 0.1) is 13.8 Å². The third kappa shape index (κ3) is 6.88. The van der Waals surface area contributed by atoms with Crippen LogP contribution in [0.15, 0.2) is 39.9 Å². The van der Waals surface area contributed by atoms with Gasteiger partial charge >= 0.3 is 5.97 Å². The zero-order valence-electron chi connectivity index (χ0n) is 17.5. The average Bonchev–Trinajstić information content (AvgIpc) is 2.69. The van der Waals surface area contributed by atoms with Crippen LogP contribution in [0.25, 0.3) is 0 Å². The lowest BCUT2D eigenvalue weighted by Gasteiger charge is -2.13. The number of esters is 1. The molecule has 0 aliphatic carbocycles. The van der Waals surface area contributed by atoms with E-state index in [1.54, 1.807) is 19.1 Å². The summed E-state index contributed by atoms with van der Waals surface area (Å²) >= 11 is 3.40. The van der Waals surface area contributed by atoms with Crippen LogP contribution in [0.5, 0.6) is 11.5 Å². The van der Waals surface area contributed by atoms with Gasteiger partial charge in [0, 0.05) is 0 Å². The second kappa shape index (κ2) is 11.3. The highest BCUT2D eigenvalue weighted by Crippen LogP contribution is 2.36. The van der Waals surface area contributed by atoms with Crippen LogP contribution < -0.4 is 14.9 Å². The third-order valence-corrected chi connectivity index (χ3v) is 4.73. The van der Waals surface area contributed by atoms with Gasteiger partial charge in [0.2, 0.25) is 5.91 Å². The van der Waals surface area contributed by atoms with E-state index in [0.29, 0.717) is 21.5 Å². The molecule has 0 bridgehead atoms. The smallest absolute Gasteiger partial charge is 0.344 e. The molecule has 0 atom stereocenters. The van der Waals surface area contributed by atoms with Gasteiger partial charge in [-0.15, -0.1) is 0 Å². The van der Waals surface area contributed by atoms with Gasteiger partial charge in [0.25, 0.3) is 0 Å². The molecule has 2 aromatic rings. The summed E-state index contributed by atoms with van der Waals surface area (Å²) in [5.74, 6) is 0.112. The zero-order chi connectivity index (χ0) is 22.1. The monoisotopic (exact) mass is 476 g/mol. The van der Waals surface area contributed by atoms with E-state index in [1.807, 2.05) is 32.0 Å². The van der Waals surface area contributed by atoms with Crippen molar-refractivity contribution in [2.75, 3.05) is 20.3 Å². The molecule has 8 heteroatoms. The number of nitrogens with zero attached hydrogens (tertiary/aromatic N) is 1. The number of methoxy groups -OCH3 is 1. The molecule has 0 unspecified atom stereocenters. The Morgan fingerprint density at radius 2 is 1.97 bits per heavy atom. The molecule has 0 heterocycles. The number of ether oxygens (including phenoxy) is 3. The van der Waals surface area contributed by atoms with Crippen molar-refractivity contribution in [1.82, 2.24) is 5.43 Å². The van der Waals surface area contributed by atoms with Gasteiger partial charge in [-0.05, 0) is 65.5 Å². The topological polar surface area (TPSA) is 86.2 Å². The van der Waals surface area contributed by atoms with E-state index >= 15 is 0 Å². The van der Waals surface area contributed by atoms with Crippen molar-refractivity contribution in [3.8, 4) is 11.5 Å². The molecule has 1 amide bonds. The first kappa shape index (κ1) is 23.4. The molecule has 0 saturated heterocycles. The fourth-order valence-corrected chi connectivity index (χ4v) is 3.30. The van der Waals surface area contributed by atoms with Crippen LogP contribution in [0.2, 0.25) is 0 Å². The van der Waals surface area contributed by atoms with Gasteiger partial charge in [-0.3, -0.25) is 4.79 Å². The number of benzene rings is 2. The zero-order valence-corrected chi connectivity index (χ0v) is 19.0. The summed E-state index contributed by atoms with van der Waals surface area (Å²) in [5.41, 5.74) is 6.39. The minimum absolute atomic E-state index is 0.210. The van der Waals surface area contributed by atoms with E-state index in [2.05, 4.69) is 26.5 Å². The number of carbonyl (C=O) groups is 2. The maximum Gasteiger partial charge on any atom is 0.344 e. The molecule has 0 radical (unpaired) electrons. The SMILES string of the molecule is CCOC(=O)COc1c(Br)cc(/C=N\NC(=O)Cc2ccc(C)cc2C)cc1OC. The van der Waals surface area contributed by atoms with Crippen molar-refractivity contribution in [3.05, 3.63) is 57.1 Å². The van der Waals surface area contributed by atoms with Crippen molar-refractivity contribution < 1.29 is 23.8 Å². The number of aryl methyl sites for hydroxylation is 2. The summed E-state index contributed by atoms with van der Waals surface area (Å²) in [6, 6.07) is 9.40. The van der Waals surface area contributed by atoms with Gasteiger partial charge in [0.1, 0.15) is 0 Å². The standard InChI is InChI=1S/C22H25BrN2O5/c1-5-29-21(27)13-30-22-18(23)9-16(10-19(22)28-4)12-24-25-20(26)11-17-7-6-14(2)8-15(17)3/h6-10,12H,5,11,13H2,1-4H3,(H,25,26)/b24-12-. The van der Waals surface area contributed by atoms with Gasteiger partial charge in [0.15, 0.2) is 18.1 Å². The van der Waals surface area contributed by atoms with E-state index in [9.17, 15) is 9.59 Å². The van der Waals surface area contributed by atoms with Crippen LogP contribution in [-0.2, 0) is 20.7 Å². The molecular weight excluding hydrogens is 452 g/mol. The van der Waals surface area contributed by atoms with Gasteiger partial charge < -0.3 is 14.2 Å². The van der Waals surface area contributed by atoms with Crippen LogP contribution in [-0.4, -0.2) is 38.4 Å². The molecule has 30 heavy (non-hydrogen) atoms. The predicted octanol–water partition coefficient (Wildman–Crippen LogP) is 3.71. The third-order valence-electron chi connectivity index (χ3n) is 4.14. The number of rotatable bonds is 9. The number of nitrogens with one attached hydrogen (secondary N) is 1. The Bertz CT molecular complexity index is 943. The molecule has 0 aliphatic heterocycles. The number of hydrogen-bond donors (Lipinski definition) is 1. The Kier molecular flexibility index (Phi) is 8.86. The summed E-state index contributed by atoms with van der Waals surface area (Å²) in [7, 11) is 1.49. The maximum atomic E-state index is 12.2. The average molecular weight is 477 g/mol. The van der Waals surface area contributed by atoms with Crippen LogP contribution in [0.1, 0.15) is 29.2 Å². The van der Waals surface area contributed by atoms with E-state index in [0.717, 1.165) is 16.7 Å². The lowest BCUT2D eigenvalue weighted by molar-refractivity contribution is -0.145. The number of halogens is 1. The molecule has 160 valence electrons. The lowest BCUT2D eigenvalue weighted by atomic mass is 10.0. The van der Waals surface area contributed by atoms with Gasteiger partial charge in [-0.1, -0.05) is 23.8 Å². The van der Waals surface area contributed by atoms with Crippen molar-refractivity contribution >= 4 is 34.0 Å². The molecule has 0 aliphatic rings. The molecule has 2 aromatic carbocycles. The molecule has 0 fully saturated rings. The molecule has 7 nitrogen and oxygen atoms in total. The Morgan fingerprint density at radius 1 is 1.20 bits per heavy atom. The highest BCUT2D eigenvalue weighted by Gasteiger charge is 2.13. The fourth-order valence-electron chi connectivity index (χ4n) is 2.72. The number of hydrogen-bond acceptors (Lipinski definition) is 6. The van der Waals surface area contributed by atoms with E-state index in [1.165, 1.54) is 13.3 Å². The van der Waals surface area contributed by atoms with Crippen molar-refractivity contribution in [1.29, 1.82) is 0 Å². The molecular formula is C22H25BrN2O5. The van der Waals surface area contributed by atoms with E-state index in [-0.39, 0.29) is 25.5 Å². The quantitative estimate of drug-likeness (QED) is 0.338. The highest BCUT2D eigenvalue weighted by atomic mass is 79.9. The maximum absolute atomic E-state index is 12.2. The van der Waals surface area contributed by atoms with Crippen molar-refractivity contribution in [2.45, 2.75) is 27.2 Å². The van der Waals surface area contributed by atoms with Crippen LogP contribution in [0.3, 0.4) is 0 Å². The molecule has 0 spiro atoms. The predicted molar refractivity (Wildman–Crippen MR) is 118 cm³/mol.